The number of hydrogen-bond acceptors (Lipinski definition) is 5. The van der Waals surface area contributed by atoms with E-state index in [1.807, 2.05) is 58.0 Å². The van der Waals surface area contributed by atoms with E-state index in [-0.39, 0.29) is 18.4 Å². The van der Waals surface area contributed by atoms with Crippen molar-refractivity contribution in [1.82, 2.24) is 10.3 Å². The van der Waals surface area contributed by atoms with Gasteiger partial charge in [0, 0.05) is 24.5 Å². The number of nitrogens with zero attached hydrogens (tertiary/aromatic N) is 1. The Morgan fingerprint density at radius 2 is 2.03 bits per heavy atom. The van der Waals surface area contributed by atoms with E-state index >= 15 is 0 Å². The van der Waals surface area contributed by atoms with E-state index in [1.54, 1.807) is 13.3 Å². The maximum Gasteiger partial charge on any atom is 0.253 e. The summed E-state index contributed by atoms with van der Waals surface area (Å²) in [6.07, 6.45) is 3.71. The standard InChI is InChI=1S/C23H33N3O3/c1-6-11-23(28,7-2)15-25-22(27)20-14-24-21(13-19(20)16(3)4)26-17-9-8-10-18(12-17)29-5/h8-10,12-14,16,28H,6-7,11,15H2,1-5H3,(H,24,26)(H,25,27). The summed E-state index contributed by atoms with van der Waals surface area (Å²) in [6.45, 7) is 8.28. The number of hydrogen-bond donors (Lipinski definition) is 3. The van der Waals surface area contributed by atoms with Crippen molar-refractivity contribution in [3.05, 3.63) is 47.7 Å². The molecule has 0 spiro atoms. The second-order valence-corrected chi connectivity index (χ2v) is 7.68. The lowest BCUT2D eigenvalue weighted by molar-refractivity contribution is 0.0263. The number of aromatic nitrogens is 1. The molecule has 1 atom stereocenters. The molecule has 2 aromatic rings. The van der Waals surface area contributed by atoms with Gasteiger partial charge in [-0.05, 0) is 42.5 Å². The van der Waals surface area contributed by atoms with Crippen LogP contribution < -0.4 is 15.4 Å². The largest absolute Gasteiger partial charge is 0.497 e. The van der Waals surface area contributed by atoms with E-state index in [0.29, 0.717) is 24.2 Å². The van der Waals surface area contributed by atoms with Gasteiger partial charge in [-0.2, -0.15) is 0 Å². The number of nitrogens with one attached hydrogen (secondary N) is 2. The Morgan fingerprint density at radius 1 is 1.28 bits per heavy atom. The highest BCUT2D eigenvalue weighted by molar-refractivity contribution is 5.96. The maximum absolute atomic E-state index is 12.8. The van der Waals surface area contributed by atoms with E-state index in [1.165, 1.54) is 0 Å². The number of carbonyl (C=O) groups excluding carboxylic acids is 1. The number of benzene rings is 1. The molecule has 1 unspecified atom stereocenters. The van der Waals surface area contributed by atoms with Gasteiger partial charge < -0.3 is 20.5 Å². The first-order valence-electron chi connectivity index (χ1n) is 10.2. The van der Waals surface area contributed by atoms with Gasteiger partial charge in [0.05, 0.1) is 18.3 Å². The molecule has 158 valence electrons. The molecule has 0 aliphatic carbocycles. The summed E-state index contributed by atoms with van der Waals surface area (Å²) in [6, 6.07) is 9.49. The predicted molar refractivity (Wildman–Crippen MR) is 117 cm³/mol. The second kappa shape index (κ2) is 10.3. The molecule has 6 heteroatoms. The van der Waals surface area contributed by atoms with Crippen molar-refractivity contribution in [3.63, 3.8) is 0 Å². The van der Waals surface area contributed by atoms with Gasteiger partial charge in [-0.15, -0.1) is 0 Å². The van der Waals surface area contributed by atoms with Gasteiger partial charge in [-0.25, -0.2) is 4.98 Å². The molecule has 0 aliphatic rings. The van der Waals surface area contributed by atoms with Gasteiger partial charge in [0.15, 0.2) is 0 Å². The minimum atomic E-state index is -0.871. The van der Waals surface area contributed by atoms with Crippen LogP contribution in [-0.2, 0) is 0 Å². The molecule has 0 radical (unpaired) electrons. The fourth-order valence-corrected chi connectivity index (χ4v) is 3.25. The number of amides is 1. The van der Waals surface area contributed by atoms with Crippen LogP contribution >= 0.6 is 0 Å². The lowest BCUT2D eigenvalue weighted by atomic mass is 9.94. The Balaban J connectivity index is 2.19. The Labute approximate surface area is 173 Å². The minimum absolute atomic E-state index is 0.144. The highest BCUT2D eigenvalue weighted by Gasteiger charge is 2.25. The molecule has 29 heavy (non-hydrogen) atoms. The SMILES string of the molecule is CCCC(O)(CC)CNC(=O)c1cnc(Nc2cccc(OC)c2)cc1C(C)C. The van der Waals surface area contributed by atoms with E-state index < -0.39 is 5.60 Å². The summed E-state index contributed by atoms with van der Waals surface area (Å²) in [4.78, 5) is 17.2. The Morgan fingerprint density at radius 3 is 2.66 bits per heavy atom. The number of pyridine rings is 1. The van der Waals surface area contributed by atoms with E-state index in [4.69, 9.17) is 4.74 Å². The Kier molecular flexibility index (Phi) is 8.02. The van der Waals surface area contributed by atoms with E-state index in [9.17, 15) is 9.90 Å². The Hall–Kier alpha value is -2.60. The maximum atomic E-state index is 12.8. The van der Waals surface area contributed by atoms with Crippen LogP contribution in [0.3, 0.4) is 0 Å². The molecule has 1 heterocycles. The van der Waals surface area contributed by atoms with Crippen LogP contribution in [0.4, 0.5) is 11.5 Å². The monoisotopic (exact) mass is 399 g/mol. The molecule has 0 saturated heterocycles. The van der Waals surface area contributed by atoms with Gasteiger partial charge in [0.25, 0.3) is 5.91 Å². The second-order valence-electron chi connectivity index (χ2n) is 7.68. The number of aliphatic hydroxyl groups is 1. The first-order chi connectivity index (χ1) is 13.8. The zero-order valence-electron chi connectivity index (χ0n) is 18.1. The lowest BCUT2D eigenvalue weighted by Crippen LogP contribution is -2.42. The molecule has 0 saturated carbocycles. The van der Waals surface area contributed by atoms with E-state index in [2.05, 4.69) is 15.6 Å². The highest BCUT2D eigenvalue weighted by atomic mass is 16.5. The topological polar surface area (TPSA) is 83.5 Å². The highest BCUT2D eigenvalue weighted by Crippen LogP contribution is 2.25. The van der Waals surface area contributed by atoms with Crippen molar-refractivity contribution in [2.45, 2.75) is 58.5 Å². The van der Waals surface area contributed by atoms with Crippen LogP contribution in [0.25, 0.3) is 0 Å². The van der Waals surface area contributed by atoms with Crippen LogP contribution in [-0.4, -0.2) is 35.3 Å². The molecule has 0 bridgehead atoms. The fourth-order valence-electron chi connectivity index (χ4n) is 3.25. The first kappa shape index (κ1) is 22.7. The summed E-state index contributed by atoms with van der Waals surface area (Å²) >= 11 is 0. The van der Waals surface area contributed by atoms with Gasteiger partial charge in [-0.3, -0.25) is 4.79 Å². The van der Waals surface area contributed by atoms with Gasteiger partial charge in [0.1, 0.15) is 11.6 Å². The number of carbonyl (C=O) groups is 1. The third-order valence-electron chi connectivity index (χ3n) is 5.10. The fraction of sp³-hybridized carbons (Fsp3) is 0.478. The zero-order chi connectivity index (χ0) is 21.4. The van der Waals surface area contributed by atoms with Gasteiger partial charge in [0.2, 0.25) is 0 Å². The first-order valence-corrected chi connectivity index (χ1v) is 10.2. The molecular formula is C23H33N3O3. The third kappa shape index (κ3) is 6.19. The number of methoxy groups -OCH3 is 1. The van der Waals surface area contributed by atoms with Crippen molar-refractivity contribution < 1.29 is 14.6 Å². The van der Waals surface area contributed by atoms with Gasteiger partial charge >= 0.3 is 0 Å². The number of anilines is 2. The van der Waals surface area contributed by atoms with Crippen molar-refractivity contribution in [2.24, 2.45) is 0 Å². The molecule has 0 fully saturated rings. The molecule has 0 aliphatic heterocycles. The summed E-state index contributed by atoms with van der Waals surface area (Å²) in [5.41, 5.74) is 1.42. The normalized spacial score (nSPS) is 13.1. The third-order valence-corrected chi connectivity index (χ3v) is 5.10. The number of rotatable bonds is 10. The van der Waals surface area contributed by atoms with Crippen molar-refractivity contribution in [1.29, 1.82) is 0 Å². The zero-order valence-corrected chi connectivity index (χ0v) is 18.1. The molecule has 1 amide bonds. The summed E-state index contributed by atoms with van der Waals surface area (Å²) in [5, 5.41) is 16.7. The minimum Gasteiger partial charge on any atom is -0.497 e. The predicted octanol–water partition coefficient (Wildman–Crippen LogP) is 4.63. The van der Waals surface area contributed by atoms with Crippen LogP contribution in [0, 0.1) is 0 Å². The number of ether oxygens (including phenoxy) is 1. The van der Waals surface area contributed by atoms with E-state index in [0.717, 1.165) is 23.4 Å². The summed E-state index contributed by atoms with van der Waals surface area (Å²) < 4.78 is 5.25. The van der Waals surface area contributed by atoms with Crippen LogP contribution in [0.15, 0.2) is 36.5 Å². The average Bonchev–Trinajstić information content (AvgIpc) is 2.72. The average molecular weight is 400 g/mol. The molecule has 1 aromatic carbocycles. The van der Waals surface area contributed by atoms with Crippen LogP contribution in [0.5, 0.6) is 5.75 Å². The van der Waals surface area contributed by atoms with Crippen LogP contribution in [0.1, 0.15) is 68.8 Å². The van der Waals surface area contributed by atoms with Crippen molar-refractivity contribution in [3.8, 4) is 5.75 Å². The molecule has 1 aromatic heterocycles. The Bertz CT molecular complexity index is 823. The van der Waals surface area contributed by atoms with Crippen molar-refractivity contribution >= 4 is 17.4 Å². The quantitative estimate of drug-likeness (QED) is 0.543. The van der Waals surface area contributed by atoms with Crippen molar-refractivity contribution in [2.75, 3.05) is 19.0 Å². The van der Waals surface area contributed by atoms with Gasteiger partial charge in [-0.1, -0.05) is 40.2 Å². The molecule has 3 N–H and O–H groups in total. The summed E-state index contributed by atoms with van der Waals surface area (Å²) in [5.74, 6) is 1.35. The molecule has 2 rings (SSSR count). The molecular weight excluding hydrogens is 366 g/mol. The molecule has 6 nitrogen and oxygen atoms in total. The summed E-state index contributed by atoms with van der Waals surface area (Å²) in [7, 11) is 1.63. The smallest absolute Gasteiger partial charge is 0.253 e. The van der Waals surface area contributed by atoms with Crippen LogP contribution in [0.2, 0.25) is 0 Å². The lowest BCUT2D eigenvalue weighted by Gasteiger charge is -2.27.